The molecule has 0 atom stereocenters. The molecule has 0 unspecified atom stereocenters. The first kappa shape index (κ1) is 27.8. The van der Waals surface area contributed by atoms with Crippen molar-refractivity contribution < 1.29 is 41.0 Å². The van der Waals surface area contributed by atoms with E-state index >= 15 is 0 Å². The Hall–Kier alpha value is -2.44. The molecule has 0 fully saturated rings. The van der Waals surface area contributed by atoms with Gasteiger partial charge < -0.3 is 19.9 Å². The molecule has 0 saturated heterocycles. The molecular weight excluding hydrogens is 495 g/mol. The van der Waals surface area contributed by atoms with E-state index in [2.05, 4.69) is 10.1 Å². The number of aliphatic carboxylic acids is 1. The highest BCUT2D eigenvalue weighted by molar-refractivity contribution is 7.99. The number of sulfone groups is 1. The molecule has 34 heavy (non-hydrogen) atoms. The van der Waals surface area contributed by atoms with Gasteiger partial charge in [0.1, 0.15) is 11.5 Å². The van der Waals surface area contributed by atoms with E-state index in [1.54, 1.807) is 17.8 Å². The molecule has 7 nitrogen and oxygen atoms in total. The molecule has 0 aromatic heterocycles. The van der Waals surface area contributed by atoms with Crippen molar-refractivity contribution in [1.82, 2.24) is 5.32 Å². The second-order valence-electron chi connectivity index (χ2n) is 7.36. The van der Waals surface area contributed by atoms with Crippen molar-refractivity contribution in [3.8, 4) is 11.5 Å². The molecule has 12 heteroatoms. The summed E-state index contributed by atoms with van der Waals surface area (Å²) in [7, 11) is -3.64. The van der Waals surface area contributed by atoms with Gasteiger partial charge in [0, 0.05) is 17.2 Å². The van der Waals surface area contributed by atoms with Gasteiger partial charge in [-0.3, -0.25) is 0 Å². The predicted molar refractivity (Wildman–Crippen MR) is 122 cm³/mol. The van der Waals surface area contributed by atoms with Gasteiger partial charge in [0.2, 0.25) is 0 Å². The molecule has 2 aromatic carbocycles. The smallest absolute Gasteiger partial charge is 0.482 e. The zero-order chi connectivity index (χ0) is 25.4. The van der Waals surface area contributed by atoms with Gasteiger partial charge in [-0.1, -0.05) is 0 Å². The maximum Gasteiger partial charge on any atom is 0.573 e. The van der Waals surface area contributed by atoms with Crippen molar-refractivity contribution in [2.75, 3.05) is 31.2 Å². The lowest BCUT2D eigenvalue weighted by atomic mass is 10.2. The van der Waals surface area contributed by atoms with E-state index < -0.39 is 34.5 Å². The number of carboxylic acid groups (broad SMARTS) is 1. The lowest BCUT2D eigenvalue weighted by Gasteiger charge is -2.12. The Labute approximate surface area is 200 Å². The van der Waals surface area contributed by atoms with Gasteiger partial charge in [-0.15, -0.1) is 24.9 Å². The average molecular weight is 522 g/mol. The summed E-state index contributed by atoms with van der Waals surface area (Å²) in [6.07, 6.45) is -4.49. The molecular formula is C22H26F3NO6S2. The normalized spacial score (nSPS) is 11.9. The van der Waals surface area contributed by atoms with Gasteiger partial charge in [-0.25, -0.2) is 13.2 Å². The molecule has 2 aromatic rings. The summed E-state index contributed by atoms with van der Waals surface area (Å²) in [5.74, 6) is -0.379. The van der Waals surface area contributed by atoms with Crippen molar-refractivity contribution in [2.45, 2.75) is 36.4 Å². The summed E-state index contributed by atoms with van der Waals surface area (Å²) in [5, 5.41) is 11.8. The maximum atomic E-state index is 12.5. The van der Waals surface area contributed by atoms with Gasteiger partial charge in [-0.2, -0.15) is 0 Å². The van der Waals surface area contributed by atoms with Crippen molar-refractivity contribution in [2.24, 2.45) is 0 Å². The first-order valence-corrected chi connectivity index (χ1v) is 12.9. The lowest BCUT2D eigenvalue weighted by Crippen LogP contribution is -2.21. The highest BCUT2D eigenvalue weighted by Gasteiger charge is 2.31. The third-order valence-electron chi connectivity index (χ3n) is 4.53. The Morgan fingerprint density at radius 2 is 1.82 bits per heavy atom. The van der Waals surface area contributed by atoms with Crippen LogP contribution in [-0.4, -0.2) is 57.1 Å². The van der Waals surface area contributed by atoms with E-state index in [0.717, 1.165) is 34.4 Å². The van der Waals surface area contributed by atoms with Crippen LogP contribution >= 0.6 is 11.8 Å². The van der Waals surface area contributed by atoms with Gasteiger partial charge >= 0.3 is 12.3 Å². The number of ether oxygens (including phenoxy) is 2. The van der Waals surface area contributed by atoms with Gasteiger partial charge in [0.05, 0.1) is 10.6 Å². The van der Waals surface area contributed by atoms with Crippen LogP contribution in [-0.2, 0) is 14.6 Å². The van der Waals surface area contributed by atoms with Crippen molar-refractivity contribution in [1.29, 1.82) is 0 Å². The molecule has 0 aliphatic carbocycles. The molecule has 0 radical (unpaired) electrons. The van der Waals surface area contributed by atoms with E-state index in [4.69, 9.17) is 9.84 Å². The third-order valence-corrected chi connectivity index (χ3v) is 7.48. The summed E-state index contributed by atoms with van der Waals surface area (Å²) in [6, 6.07) is 8.66. The second kappa shape index (κ2) is 12.3. The summed E-state index contributed by atoms with van der Waals surface area (Å²) in [4.78, 5) is 11.6. The zero-order valence-electron chi connectivity index (χ0n) is 18.6. The number of hydrogen-bond donors (Lipinski definition) is 2. The topological polar surface area (TPSA) is 102 Å². The van der Waals surface area contributed by atoms with Crippen LogP contribution in [0.5, 0.6) is 11.5 Å². The summed E-state index contributed by atoms with van der Waals surface area (Å²) in [6.45, 7) is 3.97. The highest BCUT2D eigenvalue weighted by Crippen LogP contribution is 2.27. The van der Waals surface area contributed by atoms with Crippen LogP contribution in [0.2, 0.25) is 0 Å². The van der Waals surface area contributed by atoms with E-state index in [1.807, 2.05) is 19.1 Å². The number of thioether (sulfide) groups is 1. The van der Waals surface area contributed by atoms with E-state index in [1.165, 1.54) is 6.92 Å². The Morgan fingerprint density at radius 3 is 2.44 bits per heavy atom. The van der Waals surface area contributed by atoms with Gasteiger partial charge in [-0.05, 0) is 74.3 Å². The van der Waals surface area contributed by atoms with Crippen molar-refractivity contribution >= 4 is 27.6 Å². The molecule has 0 bridgehead atoms. The number of nitrogens with one attached hydrogen (secondary N) is 1. The molecule has 0 aliphatic rings. The minimum Gasteiger partial charge on any atom is -0.482 e. The van der Waals surface area contributed by atoms with Crippen LogP contribution < -0.4 is 14.8 Å². The number of alkyl halides is 3. The number of hydrogen-bond acceptors (Lipinski definition) is 7. The number of benzene rings is 2. The van der Waals surface area contributed by atoms with Gasteiger partial charge in [0.15, 0.2) is 16.4 Å². The second-order valence-corrected chi connectivity index (χ2v) is 10.6. The molecule has 0 heterocycles. The Balaban J connectivity index is 1.72. The zero-order valence-corrected chi connectivity index (χ0v) is 20.3. The monoisotopic (exact) mass is 521 g/mol. The van der Waals surface area contributed by atoms with Crippen LogP contribution in [0.15, 0.2) is 46.2 Å². The quantitative estimate of drug-likeness (QED) is 0.299. The number of halogens is 3. The van der Waals surface area contributed by atoms with Crippen LogP contribution in [0.3, 0.4) is 0 Å². The first-order valence-electron chi connectivity index (χ1n) is 10.3. The number of carbonyl (C=O) groups is 1. The highest BCUT2D eigenvalue weighted by atomic mass is 32.2. The Morgan fingerprint density at radius 1 is 1.09 bits per heavy atom. The maximum absolute atomic E-state index is 12.5. The standard InChI is InChI=1S/C22H26F3NO6S2/c1-15-13-18(5-6-19(15)31-14-21(27)28)33-10-9-26-8-3-11-34(29,30)20-7-4-17(12-16(20)2)32-22(23,24)25/h4-7,12-13,26H,3,8-11,14H2,1-2H3,(H,27,28). The minimum absolute atomic E-state index is 0.0104. The fraction of sp³-hybridized carbons (Fsp3) is 0.409. The molecule has 0 aliphatic heterocycles. The van der Waals surface area contributed by atoms with Crippen LogP contribution in [0.1, 0.15) is 17.5 Å². The molecule has 188 valence electrons. The predicted octanol–water partition coefficient (Wildman–Crippen LogP) is 4.21. The fourth-order valence-corrected chi connectivity index (χ4v) is 5.52. The van der Waals surface area contributed by atoms with Crippen molar-refractivity contribution in [3.63, 3.8) is 0 Å². The number of rotatable bonds is 13. The minimum atomic E-state index is -4.84. The van der Waals surface area contributed by atoms with Gasteiger partial charge in [0.25, 0.3) is 0 Å². The average Bonchev–Trinajstić information content (AvgIpc) is 2.71. The fourth-order valence-electron chi connectivity index (χ4n) is 3.04. The van der Waals surface area contributed by atoms with E-state index in [9.17, 15) is 26.4 Å². The van der Waals surface area contributed by atoms with Crippen molar-refractivity contribution in [3.05, 3.63) is 47.5 Å². The van der Waals surface area contributed by atoms with Crippen LogP contribution in [0, 0.1) is 13.8 Å². The molecule has 0 amide bonds. The SMILES string of the molecule is Cc1cc(SCCNCCCS(=O)(=O)c2ccc(OC(F)(F)F)cc2C)ccc1OCC(=O)O. The van der Waals surface area contributed by atoms with Crippen LogP contribution in [0.25, 0.3) is 0 Å². The third kappa shape index (κ3) is 9.43. The summed E-state index contributed by atoms with van der Waals surface area (Å²) in [5.41, 5.74) is 1.03. The molecule has 0 saturated carbocycles. The Kier molecular flexibility index (Phi) is 10.1. The number of aryl methyl sites for hydroxylation is 2. The molecule has 0 spiro atoms. The largest absolute Gasteiger partial charge is 0.573 e. The lowest BCUT2D eigenvalue weighted by molar-refractivity contribution is -0.274. The van der Waals surface area contributed by atoms with Crippen LogP contribution in [0.4, 0.5) is 13.2 Å². The van der Waals surface area contributed by atoms with E-state index in [0.29, 0.717) is 25.3 Å². The molecule has 2 N–H and O–H groups in total. The molecule has 2 rings (SSSR count). The Bertz CT molecular complexity index is 1090. The first-order chi connectivity index (χ1) is 15.9. The van der Waals surface area contributed by atoms with E-state index in [-0.39, 0.29) is 16.2 Å². The summed E-state index contributed by atoms with van der Waals surface area (Å²) < 4.78 is 71.0. The number of carboxylic acids is 1. The summed E-state index contributed by atoms with van der Waals surface area (Å²) >= 11 is 1.59.